The lowest BCUT2D eigenvalue weighted by molar-refractivity contribution is 0.380. The molecule has 1 saturated carbocycles. The highest BCUT2D eigenvalue weighted by atomic mass is 15.3. The van der Waals surface area contributed by atoms with Crippen LogP contribution >= 0.6 is 0 Å². The van der Waals surface area contributed by atoms with Crippen LogP contribution in [0.1, 0.15) is 58.0 Å². The standard InChI is InChI=1S/C22H30N2.C2H4/c1-8-22(16(2)3)15-21(22,6)19-14-18(23-24(19)7)20(4,5)17-12-10-9-11-13-17;1-2/h8-14,16H,1,15H2,2-7H3;1-2H2. The van der Waals surface area contributed by atoms with E-state index in [0.717, 1.165) is 12.1 Å². The van der Waals surface area contributed by atoms with Gasteiger partial charge in [-0.05, 0) is 24.0 Å². The van der Waals surface area contributed by atoms with Gasteiger partial charge in [0.05, 0.1) is 5.69 Å². The van der Waals surface area contributed by atoms with Crippen LogP contribution in [0.5, 0.6) is 0 Å². The first kappa shape index (κ1) is 20.2. The van der Waals surface area contributed by atoms with Crippen LogP contribution in [0.25, 0.3) is 0 Å². The second-order valence-corrected chi connectivity index (χ2v) is 8.44. The first-order valence-electron chi connectivity index (χ1n) is 9.43. The lowest BCUT2D eigenvalue weighted by atomic mass is 9.79. The normalized spacial score (nSPS) is 24.7. The van der Waals surface area contributed by atoms with Gasteiger partial charge in [0.15, 0.2) is 0 Å². The Bertz CT molecular complexity index is 769. The number of nitrogens with zero attached hydrogens (tertiary/aromatic N) is 2. The molecule has 2 atom stereocenters. The molecule has 3 rings (SSSR count). The maximum absolute atomic E-state index is 4.91. The van der Waals surface area contributed by atoms with Crippen LogP contribution < -0.4 is 0 Å². The SMILES string of the molecule is C=C.C=CC1(C(C)C)CC1(C)c1cc(C(C)(C)c2ccccc2)nn1C. The third-order valence-corrected chi connectivity index (χ3v) is 6.52. The number of hydrogen-bond donors (Lipinski definition) is 0. The molecule has 0 aliphatic heterocycles. The first-order chi connectivity index (χ1) is 12.2. The Morgan fingerprint density at radius 2 is 1.77 bits per heavy atom. The molecule has 2 nitrogen and oxygen atoms in total. The maximum Gasteiger partial charge on any atom is 0.0727 e. The van der Waals surface area contributed by atoms with E-state index >= 15 is 0 Å². The number of aromatic nitrogens is 2. The average Bonchev–Trinajstić information content (AvgIpc) is 3.07. The fraction of sp³-hybridized carbons (Fsp3) is 0.458. The van der Waals surface area contributed by atoms with Crippen molar-refractivity contribution in [2.24, 2.45) is 18.4 Å². The summed E-state index contributed by atoms with van der Waals surface area (Å²) >= 11 is 0. The highest BCUT2D eigenvalue weighted by Gasteiger charge is 2.65. The lowest BCUT2D eigenvalue weighted by Crippen LogP contribution is -2.21. The van der Waals surface area contributed by atoms with Gasteiger partial charge in [0.25, 0.3) is 0 Å². The predicted octanol–water partition coefficient (Wildman–Crippen LogP) is 6.04. The Morgan fingerprint density at radius 3 is 2.23 bits per heavy atom. The van der Waals surface area contributed by atoms with E-state index in [1.807, 2.05) is 0 Å². The number of aryl methyl sites for hydroxylation is 1. The van der Waals surface area contributed by atoms with E-state index in [0.29, 0.717) is 5.92 Å². The molecular formula is C24H34N2. The van der Waals surface area contributed by atoms with Crippen molar-refractivity contribution in [3.05, 3.63) is 79.2 Å². The van der Waals surface area contributed by atoms with Crippen molar-refractivity contribution in [3.8, 4) is 0 Å². The summed E-state index contributed by atoms with van der Waals surface area (Å²) in [5, 5.41) is 4.91. The van der Waals surface area contributed by atoms with Crippen molar-refractivity contribution in [1.29, 1.82) is 0 Å². The highest BCUT2D eigenvalue weighted by Crippen LogP contribution is 2.69. The van der Waals surface area contributed by atoms with Crippen LogP contribution in [0.2, 0.25) is 0 Å². The third-order valence-electron chi connectivity index (χ3n) is 6.52. The van der Waals surface area contributed by atoms with E-state index in [-0.39, 0.29) is 16.2 Å². The number of rotatable bonds is 5. The van der Waals surface area contributed by atoms with Crippen molar-refractivity contribution in [1.82, 2.24) is 9.78 Å². The van der Waals surface area contributed by atoms with Crippen LogP contribution in [-0.2, 0) is 17.9 Å². The average molecular weight is 351 g/mol. The Labute approximate surface area is 159 Å². The molecule has 1 aliphatic rings. The molecule has 2 heteroatoms. The summed E-state index contributed by atoms with van der Waals surface area (Å²) in [5.74, 6) is 0.584. The van der Waals surface area contributed by atoms with Crippen LogP contribution in [-0.4, -0.2) is 9.78 Å². The highest BCUT2D eigenvalue weighted by molar-refractivity contribution is 5.42. The topological polar surface area (TPSA) is 17.8 Å². The van der Waals surface area contributed by atoms with Gasteiger partial charge in [-0.1, -0.05) is 71.0 Å². The van der Waals surface area contributed by atoms with E-state index in [1.54, 1.807) is 0 Å². The van der Waals surface area contributed by atoms with Crippen molar-refractivity contribution in [2.75, 3.05) is 0 Å². The molecule has 1 aromatic carbocycles. The quantitative estimate of drug-likeness (QED) is 0.601. The lowest BCUT2D eigenvalue weighted by Gasteiger charge is -2.24. The molecule has 0 spiro atoms. The van der Waals surface area contributed by atoms with Gasteiger partial charge in [0.2, 0.25) is 0 Å². The summed E-state index contributed by atoms with van der Waals surface area (Å²) < 4.78 is 2.09. The third kappa shape index (κ3) is 2.86. The van der Waals surface area contributed by atoms with Gasteiger partial charge < -0.3 is 0 Å². The molecular weight excluding hydrogens is 316 g/mol. The molecule has 26 heavy (non-hydrogen) atoms. The summed E-state index contributed by atoms with van der Waals surface area (Å²) in [6.07, 6.45) is 3.33. The summed E-state index contributed by atoms with van der Waals surface area (Å²) in [6.45, 7) is 21.6. The van der Waals surface area contributed by atoms with Crippen molar-refractivity contribution in [2.45, 2.75) is 51.9 Å². The fourth-order valence-corrected chi connectivity index (χ4v) is 4.54. The Hall–Kier alpha value is -2.09. The van der Waals surface area contributed by atoms with Gasteiger partial charge in [-0.25, -0.2) is 0 Å². The number of hydrogen-bond acceptors (Lipinski definition) is 1. The van der Waals surface area contributed by atoms with Crippen molar-refractivity contribution in [3.63, 3.8) is 0 Å². The summed E-state index contributed by atoms with van der Waals surface area (Å²) in [5.41, 5.74) is 3.99. The van der Waals surface area contributed by atoms with E-state index in [2.05, 4.69) is 109 Å². The van der Waals surface area contributed by atoms with Gasteiger partial charge in [0.1, 0.15) is 0 Å². The van der Waals surface area contributed by atoms with E-state index in [4.69, 9.17) is 5.10 Å². The van der Waals surface area contributed by atoms with Gasteiger partial charge in [0, 0.05) is 29.0 Å². The van der Waals surface area contributed by atoms with Gasteiger partial charge in [-0.2, -0.15) is 5.10 Å². The zero-order chi connectivity index (χ0) is 19.8. The largest absolute Gasteiger partial charge is 0.272 e. The van der Waals surface area contributed by atoms with Crippen LogP contribution in [0.15, 0.2) is 62.2 Å². The maximum atomic E-state index is 4.91. The molecule has 140 valence electrons. The number of allylic oxidation sites excluding steroid dienone is 1. The smallest absolute Gasteiger partial charge is 0.0727 e. The van der Waals surface area contributed by atoms with Gasteiger partial charge >= 0.3 is 0 Å². The van der Waals surface area contributed by atoms with Crippen molar-refractivity contribution < 1.29 is 0 Å². The fourth-order valence-electron chi connectivity index (χ4n) is 4.54. The molecule has 0 bridgehead atoms. The van der Waals surface area contributed by atoms with Crippen LogP contribution in [0.3, 0.4) is 0 Å². The zero-order valence-corrected chi connectivity index (χ0v) is 17.3. The molecule has 1 aromatic heterocycles. The molecule has 1 heterocycles. The minimum Gasteiger partial charge on any atom is -0.272 e. The van der Waals surface area contributed by atoms with E-state index in [1.165, 1.54) is 11.3 Å². The van der Waals surface area contributed by atoms with E-state index in [9.17, 15) is 0 Å². The minimum atomic E-state index is -0.100. The molecule has 1 aliphatic carbocycles. The van der Waals surface area contributed by atoms with Crippen LogP contribution in [0.4, 0.5) is 0 Å². The second kappa shape index (κ2) is 6.90. The summed E-state index contributed by atoms with van der Waals surface area (Å²) in [4.78, 5) is 0. The summed E-state index contributed by atoms with van der Waals surface area (Å²) in [6, 6.07) is 13.0. The minimum absolute atomic E-state index is 0.100. The Balaban J connectivity index is 0.00000117. The molecule has 2 unspecified atom stereocenters. The number of benzene rings is 1. The van der Waals surface area contributed by atoms with Gasteiger partial charge in [-0.15, -0.1) is 19.7 Å². The van der Waals surface area contributed by atoms with Crippen molar-refractivity contribution >= 4 is 0 Å². The zero-order valence-electron chi connectivity index (χ0n) is 17.3. The first-order valence-corrected chi connectivity index (χ1v) is 9.43. The molecule has 0 radical (unpaired) electrons. The Kier molecular flexibility index (Phi) is 5.37. The molecule has 1 fully saturated rings. The molecule has 2 aromatic rings. The monoisotopic (exact) mass is 350 g/mol. The van der Waals surface area contributed by atoms with Gasteiger partial charge in [-0.3, -0.25) is 4.68 Å². The van der Waals surface area contributed by atoms with E-state index < -0.39 is 0 Å². The predicted molar refractivity (Wildman–Crippen MR) is 112 cm³/mol. The summed E-state index contributed by atoms with van der Waals surface area (Å²) in [7, 11) is 2.08. The molecule has 0 amide bonds. The molecule has 0 saturated heterocycles. The Morgan fingerprint density at radius 1 is 1.19 bits per heavy atom. The van der Waals surface area contributed by atoms with Crippen LogP contribution in [0, 0.1) is 11.3 Å². The molecule has 0 N–H and O–H groups in total. The second-order valence-electron chi connectivity index (χ2n) is 8.44.